The highest BCUT2D eigenvalue weighted by Gasteiger charge is 2.34. The van der Waals surface area contributed by atoms with Crippen LogP contribution in [0, 0.1) is 0 Å². The minimum absolute atomic E-state index is 0.134. The zero-order valence-electron chi connectivity index (χ0n) is 12.6. The molecular formula is C14H17Cl2N3O5. The molecule has 0 saturated carbocycles. The molecule has 4 atom stereocenters. The third-order valence-corrected chi connectivity index (χ3v) is 4.19. The molecule has 0 spiro atoms. The highest BCUT2D eigenvalue weighted by molar-refractivity contribution is 6.42. The Labute approximate surface area is 147 Å². The van der Waals surface area contributed by atoms with Gasteiger partial charge in [-0.15, -0.1) is 0 Å². The van der Waals surface area contributed by atoms with E-state index in [1.807, 2.05) is 0 Å². The Bertz CT molecular complexity index is 700. The normalized spacial score (nSPS) is 16.6. The summed E-state index contributed by atoms with van der Waals surface area (Å²) >= 11 is 11.9. The predicted octanol–water partition coefficient (Wildman–Crippen LogP) is 0.122. The first-order chi connectivity index (χ1) is 11.2. The molecule has 0 bridgehead atoms. The Balaban J connectivity index is 2.42. The second-order valence-electron chi connectivity index (χ2n) is 5.31. The van der Waals surface area contributed by atoms with Gasteiger partial charge in [0.05, 0.1) is 27.7 Å². The fourth-order valence-corrected chi connectivity index (χ4v) is 2.56. The lowest BCUT2D eigenvalue weighted by molar-refractivity contribution is -0.123. The average Bonchev–Trinajstić information content (AvgIpc) is 2.93. The smallest absolute Gasteiger partial charge is 0.217 e. The van der Waals surface area contributed by atoms with E-state index in [2.05, 4.69) is 15.3 Å². The van der Waals surface area contributed by atoms with Gasteiger partial charge in [-0.2, -0.15) is 0 Å². The van der Waals surface area contributed by atoms with Crippen molar-refractivity contribution in [3.05, 3.63) is 28.0 Å². The molecule has 1 amide bonds. The minimum Gasteiger partial charge on any atom is -0.394 e. The molecule has 0 saturated heterocycles. The summed E-state index contributed by atoms with van der Waals surface area (Å²) in [5.74, 6) is -0.350. The van der Waals surface area contributed by atoms with Gasteiger partial charge in [-0.1, -0.05) is 23.2 Å². The Morgan fingerprint density at radius 3 is 2.46 bits per heavy atom. The third kappa shape index (κ3) is 3.97. The molecule has 2 rings (SSSR count). The van der Waals surface area contributed by atoms with Crippen molar-refractivity contribution >= 4 is 40.1 Å². The molecule has 1 heterocycles. The van der Waals surface area contributed by atoms with Crippen molar-refractivity contribution in [2.45, 2.75) is 31.3 Å². The summed E-state index contributed by atoms with van der Waals surface area (Å²) < 4.78 is 0. The van der Waals surface area contributed by atoms with Crippen LogP contribution in [-0.2, 0) is 4.79 Å². The summed E-state index contributed by atoms with van der Waals surface area (Å²) in [4.78, 5) is 18.5. The van der Waals surface area contributed by atoms with Crippen molar-refractivity contribution in [2.24, 2.45) is 0 Å². The standard InChI is InChI=1S/C14H17Cl2N3O5/c1-5(21)17-11(13(24)12(23)10(22)4-20)14-18-8-2-6(15)7(16)3-9(8)19-14/h2-3,10-13,20,22-24H,4H2,1H3,(H,17,21)(H,18,19)/t10-,11-,12+,13-/m1/s1. The summed E-state index contributed by atoms with van der Waals surface area (Å²) in [6, 6.07) is 1.89. The molecule has 8 nitrogen and oxygen atoms in total. The Morgan fingerprint density at radius 2 is 1.88 bits per heavy atom. The van der Waals surface area contributed by atoms with E-state index in [0.29, 0.717) is 16.1 Å². The van der Waals surface area contributed by atoms with Crippen molar-refractivity contribution < 1.29 is 25.2 Å². The second kappa shape index (κ2) is 7.64. The van der Waals surface area contributed by atoms with E-state index in [0.717, 1.165) is 0 Å². The number of hydrogen-bond acceptors (Lipinski definition) is 6. The number of aromatic nitrogens is 2. The molecule has 132 valence electrons. The quantitative estimate of drug-likeness (QED) is 0.422. The van der Waals surface area contributed by atoms with Gasteiger partial charge < -0.3 is 30.7 Å². The Hall–Kier alpha value is -1.42. The number of aromatic amines is 1. The lowest BCUT2D eigenvalue weighted by Crippen LogP contribution is -2.47. The maximum Gasteiger partial charge on any atom is 0.217 e. The summed E-state index contributed by atoms with van der Waals surface area (Å²) in [6.45, 7) is 0.474. The van der Waals surface area contributed by atoms with Crippen LogP contribution in [0.25, 0.3) is 11.0 Å². The van der Waals surface area contributed by atoms with Crippen molar-refractivity contribution in [1.29, 1.82) is 0 Å². The fourth-order valence-electron chi connectivity index (χ4n) is 2.24. The first kappa shape index (κ1) is 18.9. The van der Waals surface area contributed by atoms with Crippen molar-refractivity contribution in [1.82, 2.24) is 15.3 Å². The van der Waals surface area contributed by atoms with Gasteiger partial charge in [-0.3, -0.25) is 4.79 Å². The van der Waals surface area contributed by atoms with Gasteiger partial charge in [0.15, 0.2) is 0 Å². The summed E-state index contributed by atoms with van der Waals surface area (Å²) in [5, 5.41) is 41.6. The highest BCUT2D eigenvalue weighted by Crippen LogP contribution is 2.28. The zero-order valence-corrected chi connectivity index (χ0v) is 14.1. The minimum atomic E-state index is -1.70. The largest absolute Gasteiger partial charge is 0.394 e. The lowest BCUT2D eigenvalue weighted by Gasteiger charge is -2.28. The van der Waals surface area contributed by atoms with Gasteiger partial charge in [-0.05, 0) is 12.1 Å². The SMILES string of the molecule is CC(=O)N[C@@H](c1nc2cc(Cl)c(Cl)cc2[nH]1)[C@@H](O)[C@@H](O)[C@H](O)CO. The number of nitrogens with one attached hydrogen (secondary N) is 2. The molecule has 0 radical (unpaired) electrons. The van der Waals surface area contributed by atoms with Crippen molar-refractivity contribution in [2.75, 3.05) is 6.61 Å². The predicted molar refractivity (Wildman–Crippen MR) is 87.8 cm³/mol. The van der Waals surface area contributed by atoms with Gasteiger partial charge in [0.2, 0.25) is 5.91 Å². The van der Waals surface area contributed by atoms with E-state index in [-0.39, 0.29) is 10.8 Å². The van der Waals surface area contributed by atoms with Crippen LogP contribution < -0.4 is 5.32 Å². The number of halogens is 2. The molecule has 2 aromatic rings. The van der Waals surface area contributed by atoms with Crippen LogP contribution in [0.3, 0.4) is 0 Å². The van der Waals surface area contributed by atoms with Crippen LogP contribution in [0.2, 0.25) is 10.0 Å². The van der Waals surface area contributed by atoms with E-state index >= 15 is 0 Å². The molecule has 0 fully saturated rings. The van der Waals surface area contributed by atoms with Gasteiger partial charge in [0.25, 0.3) is 0 Å². The van der Waals surface area contributed by atoms with Crippen LogP contribution in [0.1, 0.15) is 18.8 Å². The van der Waals surface area contributed by atoms with Crippen LogP contribution >= 0.6 is 23.2 Å². The van der Waals surface area contributed by atoms with Crippen molar-refractivity contribution in [3.63, 3.8) is 0 Å². The van der Waals surface area contributed by atoms with Gasteiger partial charge in [0.1, 0.15) is 30.2 Å². The maximum absolute atomic E-state index is 11.4. The number of fused-ring (bicyclic) bond motifs is 1. The molecule has 1 aromatic heterocycles. The number of carbonyl (C=O) groups is 1. The maximum atomic E-state index is 11.4. The topological polar surface area (TPSA) is 139 Å². The summed E-state index contributed by atoms with van der Waals surface area (Å²) in [5.41, 5.74) is 0.957. The lowest BCUT2D eigenvalue weighted by atomic mass is 10.0. The molecule has 6 N–H and O–H groups in total. The molecule has 24 heavy (non-hydrogen) atoms. The number of aliphatic hydroxyl groups excluding tert-OH is 4. The number of aliphatic hydroxyl groups is 4. The molecular weight excluding hydrogens is 361 g/mol. The first-order valence-corrected chi connectivity index (χ1v) is 7.77. The third-order valence-electron chi connectivity index (χ3n) is 3.47. The Kier molecular flexibility index (Phi) is 6.02. The molecule has 0 aliphatic carbocycles. The molecule has 0 aliphatic rings. The number of rotatable bonds is 6. The van der Waals surface area contributed by atoms with Gasteiger partial charge >= 0.3 is 0 Å². The zero-order chi connectivity index (χ0) is 18.0. The number of carbonyl (C=O) groups excluding carboxylic acids is 1. The van der Waals surface area contributed by atoms with E-state index in [1.165, 1.54) is 19.1 Å². The number of benzene rings is 1. The first-order valence-electron chi connectivity index (χ1n) is 7.01. The fraction of sp³-hybridized carbons (Fsp3) is 0.429. The summed E-state index contributed by atoms with van der Waals surface area (Å²) in [7, 11) is 0. The molecule has 1 aromatic carbocycles. The highest BCUT2D eigenvalue weighted by atomic mass is 35.5. The van der Waals surface area contributed by atoms with Crippen LogP contribution in [0.15, 0.2) is 12.1 Å². The number of hydrogen-bond donors (Lipinski definition) is 6. The van der Waals surface area contributed by atoms with Crippen LogP contribution in [0.5, 0.6) is 0 Å². The van der Waals surface area contributed by atoms with Gasteiger partial charge in [0, 0.05) is 6.92 Å². The van der Waals surface area contributed by atoms with Crippen molar-refractivity contribution in [3.8, 4) is 0 Å². The number of amides is 1. The van der Waals surface area contributed by atoms with E-state index in [4.69, 9.17) is 28.3 Å². The number of nitrogens with zero attached hydrogens (tertiary/aromatic N) is 1. The van der Waals surface area contributed by atoms with Crippen LogP contribution in [0.4, 0.5) is 0 Å². The van der Waals surface area contributed by atoms with Crippen LogP contribution in [-0.4, -0.2) is 61.2 Å². The monoisotopic (exact) mass is 377 g/mol. The number of imidazole rings is 1. The second-order valence-corrected chi connectivity index (χ2v) is 6.13. The average molecular weight is 378 g/mol. The van der Waals surface area contributed by atoms with Gasteiger partial charge in [-0.25, -0.2) is 4.98 Å². The molecule has 0 aliphatic heterocycles. The van der Waals surface area contributed by atoms with E-state index in [1.54, 1.807) is 0 Å². The van der Waals surface area contributed by atoms with E-state index < -0.39 is 36.9 Å². The van der Waals surface area contributed by atoms with E-state index in [9.17, 15) is 20.1 Å². The number of H-pyrrole nitrogens is 1. The molecule has 10 heteroatoms. The molecule has 0 unspecified atom stereocenters. The summed E-state index contributed by atoms with van der Waals surface area (Å²) in [6.07, 6.45) is -4.90. The Morgan fingerprint density at radius 1 is 1.25 bits per heavy atom.